The molecule has 8 nitrogen and oxygen atoms in total. The Morgan fingerprint density at radius 1 is 1.19 bits per heavy atom. The molecule has 9 heteroatoms. The summed E-state index contributed by atoms with van der Waals surface area (Å²) in [5.41, 5.74) is 0.514. The molecule has 0 aromatic heterocycles. The van der Waals surface area contributed by atoms with Gasteiger partial charge in [0, 0.05) is 23.1 Å². The van der Waals surface area contributed by atoms with E-state index in [0.29, 0.717) is 5.56 Å². The Morgan fingerprint density at radius 3 is 2.47 bits per heavy atom. The van der Waals surface area contributed by atoms with Crippen LogP contribution < -0.4 is 0 Å². The highest BCUT2D eigenvalue weighted by Crippen LogP contribution is 2.56. The van der Waals surface area contributed by atoms with Crippen molar-refractivity contribution in [2.24, 2.45) is 4.99 Å². The van der Waals surface area contributed by atoms with Gasteiger partial charge in [-0.2, -0.15) is 0 Å². The Kier molecular flexibility index (Phi) is 5.54. The molecule has 32 heavy (non-hydrogen) atoms. The van der Waals surface area contributed by atoms with E-state index in [9.17, 15) is 19.7 Å². The number of hydrogen-bond acceptors (Lipinski definition) is 7. The van der Waals surface area contributed by atoms with Crippen LogP contribution in [0.1, 0.15) is 31.9 Å². The van der Waals surface area contributed by atoms with Gasteiger partial charge in [0.2, 0.25) is 0 Å². The quantitative estimate of drug-likeness (QED) is 0.218. The summed E-state index contributed by atoms with van der Waals surface area (Å²) < 4.78 is 5.00. The molecule has 4 rings (SSSR count). The number of rotatable bonds is 6. The lowest BCUT2D eigenvalue weighted by molar-refractivity contribution is -0.384. The van der Waals surface area contributed by atoms with E-state index in [1.165, 1.54) is 23.9 Å². The molecule has 2 aromatic rings. The van der Waals surface area contributed by atoms with Crippen LogP contribution in [0, 0.1) is 10.1 Å². The zero-order valence-corrected chi connectivity index (χ0v) is 18.7. The lowest BCUT2D eigenvalue weighted by atomic mass is 9.87. The van der Waals surface area contributed by atoms with Crippen LogP contribution in [-0.2, 0) is 20.9 Å². The Bertz CT molecular complexity index is 1090. The van der Waals surface area contributed by atoms with E-state index >= 15 is 0 Å². The van der Waals surface area contributed by atoms with Crippen molar-refractivity contribution < 1.29 is 19.2 Å². The summed E-state index contributed by atoms with van der Waals surface area (Å²) in [6.45, 7) is 5.76. The summed E-state index contributed by atoms with van der Waals surface area (Å²) in [5, 5.41) is 10.5. The predicted octanol–water partition coefficient (Wildman–Crippen LogP) is 3.58. The Balaban J connectivity index is 1.48. The minimum absolute atomic E-state index is 0.00999. The molecule has 2 aromatic carbocycles. The van der Waals surface area contributed by atoms with Gasteiger partial charge in [-0.3, -0.25) is 19.9 Å². The number of thioether (sulfide) groups is 1. The minimum atomic E-state index is -1.02. The first-order valence-corrected chi connectivity index (χ1v) is 11.0. The van der Waals surface area contributed by atoms with Gasteiger partial charge in [-0.1, -0.05) is 30.3 Å². The molecule has 1 amide bonds. The summed E-state index contributed by atoms with van der Waals surface area (Å²) >= 11 is 1.53. The van der Waals surface area contributed by atoms with Crippen LogP contribution in [0.15, 0.2) is 59.6 Å². The maximum atomic E-state index is 13.1. The molecular formula is C23H23N3O5S. The Labute approximate surface area is 189 Å². The van der Waals surface area contributed by atoms with Gasteiger partial charge in [0.15, 0.2) is 5.54 Å². The van der Waals surface area contributed by atoms with Crippen LogP contribution in [0.2, 0.25) is 0 Å². The van der Waals surface area contributed by atoms with Crippen molar-refractivity contribution in [3.05, 3.63) is 75.8 Å². The van der Waals surface area contributed by atoms with Crippen LogP contribution in [0.4, 0.5) is 5.69 Å². The molecule has 0 radical (unpaired) electrons. The van der Waals surface area contributed by atoms with E-state index < -0.39 is 27.2 Å². The third-order valence-corrected chi connectivity index (χ3v) is 7.53. The molecule has 0 N–H and O–H groups in total. The lowest BCUT2D eigenvalue weighted by Crippen LogP contribution is -2.71. The number of aliphatic imine (C=N–C) groups is 1. The summed E-state index contributed by atoms with van der Waals surface area (Å²) in [6, 6.07) is 14.7. The fourth-order valence-electron chi connectivity index (χ4n) is 4.00. The second kappa shape index (κ2) is 8.05. The van der Waals surface area contributed by atoms with E-state index in [1.54, 1.807) is 30.2 Å². The number of carbonyl (C=O) groups is 2. The maximum Gasteiger partial charge on any atom is 0.330 e. The number of non-ortho nitro benzene ring substituents is 1. The summed E-state index contributed by atoms with van der Waals surface area (Å²) in [6.07, 6.45) is 1.55. The molecule has 3 atom stereocenters. The van der Waals surface area contributed by atoms with E-state index in [2.05, 4.69) is 4.99 Å². The first kappa shape index (κ1) is 22.0. The van der Waals surface area contributed by atoms with Gasteiger partial charge in [-0.25, -0.2) is 4.79 Å². The lowest BCUT2D eigenvalue weighted by Gasteiger charge is -2.49. The molecule has 2 heterocycles. The van der Waals surface area contributed by atoms with Gasteiger partial charge >= 0.3 is 5.97 Å². The smallest absolute Gasteiger partial charge is 0.330 e. The highest BCUT2D eigenvalue weighted by Gasteiger charge is 2.69. The second-order valence-corrected chi connectivity index (χ2v) is 10.3. The van der Waals surface area contributed by atoms with Gasteiger partial charge in [-0.05, 0) is 44.0 Å². The number of carbonyl (C=O) groups excluding carboxylic acids is 2. The summed E-state index contributed by atoms with van der Waals surface area (Å²) in [7, 11) is 0. The monoisotopic (exact) mass is 453 g/mol. The number of hydrogen-bond donors (Lipinski definition) is 0. The van der Waals surface area contributed by atoms with Gasteiger partial charge in [0.1, 0.15) is 18.0 Å². The zero-order chi connectivity index (χ0) is 23.1. The van der Waals surface area contributed by atoms with E-state index in [-0.39, 0.29) is 23.6 Å². The number of nitro benzene ring substituents is 1. The van der Waals surface area contributed by atoms with Crippen molar-refractivity contribution in [2.45, 2.75) is 49.1 Å². The standard InChI is InChI=1S/C23H23N3O5S/c1-22(2)18(19(27)31-14-16-7-5-4-6-8-16)25-20(28)23(3,21(25)32-22)24-13-15-9-11-17(12-10-15)26(29)30/h4-13,18,21H,14H2,1-3H3/b24-13+/t18-,21+,23?/m0/s1. The normalized spacial score (nSPS) is 26.0. The van der Waals surface area contributed by atoms with Crippen molar-refractivity contribution in [2.75, 3.05) is 0 Å². The van der Waals surface area contributed by atoms with Crippen LogP contribution >= 0.6 is 11.8 Å². The maximum absolute atomic E-state index is 13.1. The Morgan fingerprint density at radius 2 is 1.84 bits per heavy atom. The van der Waals surface area contributed by atoms with Gasteiger partial charge in [-0.15, -0.1) is 11.8 Å². The minimum Gasteiger partial charge on any atom is -0.459 e. The number of esters is 1. The SMILES string of the molecule is CC1(C)S[C@H]2N(C(=O)C2(C)/N=C/c2ccc([N+](=O)[O-])cc2)[C@H]1C(=O)OCc1ccccc1. The molecule has 1 unspecified atom stereocenters. The van der Waals surface area contributed by atoms with E-state index in [0.717, 1.165) is 5.56 Å². The van der Waals surface area contributed by atoms with E-state index in [4.69, 9.17) is 4.74 Å². The third kappa shape index (κ3) is 3.77. The number of nitro groups is 1. The van der Waals surface area contributed by atoms with Crippen molar-refractivity contribution in [1.82, 2.24) is 4.90 Å². The molecule has 2 aliphatic heterocycles. The molecule has 0 spiro atoms. The van der Waals surface area contributed by atoms with Crippen molar-refractivity contribution in [3.63, 3.8) is 0 Å². The van der Waals surface area contributed by atoms with Crippen molar-refractivity contribution in [3.8, 4) is 0 Å². The first-order valence-electron chi connectivity index (χ1n) is 10.1. The molecule has 0 aliphatic carbocycles. The molecule has 2 fully saturated rings. The van der Waals surface area contributed by atoms with Gasteiger partial charge < -0.3 is 9.64 Å². The fraction of sp³-hybridized carbons (Fsp3) is 0.348. The van der Waals surface area contributed by atoms with Gasteiger partial charge in [0.25, 0.3) is 11.6 Å². The van der Waals surface area contributed by atoms with Crippen LogP contribution in [0.3, 0.4) is 0 Å². The van der Waals surface area contributed by atoms with Crippen LogP contribution in [0.5, 0.6) is 0 Å². The molecule has 2 aliphatic rings. The number of benzene rings is 2. The molecular weight excluding hydrogens is 430 g/mol. The summed E-state index contributed by atoms with van der Waals surface area (Å²) in [5.74, 6) is -0.663. The first-order chi connectivity index (χ1) is 15.1. The number of amides is 1. The number of ether oxygens (including phenoxy) is 1. The second-order valence-electron chi connectivity index (χ2n) is 8.54. The molecule has 2 saturated heterocycles. The average Bonchev–Trinajstić information content (AvgIpc) is 3.06. The van der Waals surface area contributed by atoms with Gasteiger partial charge in [0.05, 0.1) is 4.92 Å². The number of fused-ring (bicyclic) bond motifs is 1. The fourth-order valence-corrected chi connectivity index (χ4v) is 5.64. The number of β-lactam (4-membered cyclic amide) rings is 1. The molecule has 0 saturated carbocycles. The highest BCUT2D eigenvalue weighted by molar-refractivity contribution is 8.01. The van der Waals surface area contributed by atoms with Crippen LogP contribution in [-0.4, -0.2) is 49.6 Å². The summed E-state index contributed by atoms with van der Waals surface area (Å²) in [4.78, 5) is 42.5. The molecule has 166 valence electrons. The predicted molar refractivity (Wildman–Crippen MR) is 121 cm³/mol. The Hall–Kier alpha value is -3.20. The third-order valence-electron chi connectivity index (χ3n) is 5.79. The zero-order valence-electron chi connectivity index (χ0n) is 17.9. The van der Waals surface area contributed by atoms with Crippen molar-refractivity contribution in [1.29, 1.82) is 0 Å². The van der Waals surface area contributed by atoms with Crippen molar-refractivity contribution >= 4 is 35.5 Å². The largest absolute Gasteiger partial charge is 0.459 e. The highest BCUT2D eigenvalue weighted by atomic mass is 32.2. The topological polar surface area (TPSA) is 102 Å². The van der Waals surface area contributed by atoms with Crippen LogP contribution in [0.25, 0.3) is 0 Å². The number of nitrogens with zero attached hydrogens (tertiary/aromatic N) is 3. The van der Waals surface area contributed by atoms with E-state index in [1.807, 2.05) is 44.2 Å². The molecule has 0 bridgehead atoms. The average molecular weight is 454 g/mol.